The zero-order chi connectivity index (χ0) is 29.1. The Bertz CT molecular complexity index is 1540. The molecular weight excluding hydrogens is 529 g/mol. The SMILES string of the molecule is COC1(C(=O)N[C@@H](C)c2ccc(-n3cc(F)cn3)nc2)CCC(c2nc(Nc3cc(C)[nH]n3)cc(N)c2N=N)CC1. The van der Waals surface area contributed by atoms with Crippen LogP contribution in [0.4, 0.5) is 27.4 Å². The number of H-pyrrole nitrogens is 1. The lowest BCUT2D eigenvalue weighted by Crippen LogP contribution is -2.50. The zero-order valence-corrected chi connectivity index (χ0v) is 23.0. The topological polar surface area (TPSA) is 185 Å². The molecule has 13 nitrogen and oxygen atoms in total. The molecule has 0 bridgehead atoms. The molecule has 1 aliphatic carbocycles. The minimum absolute atomic E-state index is 0.0681. The van der Waals surface area contributed by atoms with Crippen molar-refractivity contribution in [3.8, 4) is 5.82 Å². The minimum atomic E-state index is -1.02. The molecule has 41 heavy (non-hydrogen) atoms. The number of aromatic nitrogens is 6. The Morgan fingerprint density at radius 3 is 2.66 bits per heavy atom. The lowest BCUT2D eigenvalue weighted by molar-refractivity contribution is -0.148. The van der Waals surface area contributed by atoms with E-state index >= 15 is 0 Å². The van der Waals surface area contributed by atoms with Gasteiger partial charge in [-0.3, -0.25) is 9.89 Å². The number of carbonyl (C=O) groups excluding carboxylic acids is 1. The Kier molecular flexibility index (Phi) is 7.75. The molecule has 14 heteroatoms. The Morgan fingerprint density at radius 1 is 1.29 bits per heavy atom. The van der Waals surface area contributed by atoms with Gasteiger partial charge in [0.05, 0.1) is 29.8 Å². The van der Waals surface area contributed by atoms with Crippen LogP contribution in [0.3, 0.4) is 0 Å². The van der Waals surface area contributed by atoms with E-state index in [4.69, 9.17) is 21.0 Å². The maximum atomic E-state index is 13.5. The van der Waals surface area contributed by atoms with E-state index in [1.165, 1.54) is 10.9 Å². The quantitative estimate of drug-likeness (QED) is 0.181. The van der Waals surface area contributed by atoms with Crippen LogP contribution < -0.4 is 16.4 Å². The number of aromatic amines is 1. The highest BCUT2D eigenvalue weighted by molar-refractivity contribution is 5.85. The highest BCUT2D eigenvalue weighted by Crippen LogP contribution is 2.44. The van der Waals surface area contributed by atoms with Crippen LogP contribution in [0.25, 0.3) is 5.82 Å². The van der Waals surface area contributed by atoms with Gasteiger partial charge in [-0.05, 0) is 51.2 Å². The summed E-state index contributed by atoms with van der Waals surface area (Å²) < 4.78 is 20.4. The monoisotopic (exact) mass is 561 g/mol. The summed E-state index contributed by atoms with van der Waals surface area (Å²) in [5.74, 6) is 0.837. The van der Waals surface area contributed by atoms with Crippen LogP contribution in [0.15, 0.2) is 48.0 Å². The van der Waals surface area contributed by atoms with Crippen molar-refractivity contribution >= 4 is 28.9 Å². The van der Waals surface area contributed by atoms with Crippen molar-refractivity contribution < 1.29 is 13.9 Å². The van der Waals surface area contributed by atoms with E-state index in [2.05, 4.69) is 36.0 Å². The fraction of sp³-hybridized carbons (Fsp3) is 0.370. The number of halogens is 1. The molecule has 0 saturated heterocycles. The van der Waals surface area contributed by atoms with E-state index in [0.29, 0.717) is 60.2 Å². The summed E-state index contributed by atoms with van der Waals surface area (Å²) in [6, 6.07) is 6.67. The van der Waals surface area contributed by atoms with Gasteiger partial charge < -0.3 is 21.1 Å². The number of carbonyl (C=O) groups is 1. The highest BCUT2D eigenvalue weighted by atomic mass is 19.1. The van der Waals surface area contributed by atoms with E-state index in [-0.39, 0.29) is 17.9 Å². The smallest absolute Gasteiger partial charge is 0.252 e. The van der Waals surface area contributed by atoms with Crippen LogP contribution in [-0.2, 0) is 9.53 Å². The Hall–Kier alpha value is -4.72. The van der Waals surface area contributed by atoms with Crippen LogP contribution in [0.1, 0.15) is 61.5 Å². The number of nitrogen functional groups attached to an aromatic ring is 1. The summed E-state index contributed by atoms with van der Waals surface area (Å²) in [6.45, 7) is 3.76. The Labute approximate surface area is 235 Å². The van der Waals surface area contributed by atoms with Crippen molar-refractivity contribution in [2.24, 2.45) is 5.11 Å². The van der Waals surface area contributed by atoms with E-state index in [1.54, 1.807) is 25.4 Å². The van der Waals surface area contributed by atoms with Crippen molar-refractivity contribution in [1.82, 2.24) is 35.3 Å². The van der Waals surface area contributed by atoms with E-state index in [1.807, 2.05) is 26.0 Å². The van der Waals surface area contributed by atoms with Gasteiger partial charge in [0.25, 0.3) is 5.91 Å². The zero-order valence-electron chi connectivity index (χ0n) is 23.0. The molecule has 214 valence electrons. The third-order valence-corrected chi connectivity index (χ3v) is 7.51. The third kappa shape index (κ3) is 5.77. The molecule has 0 spiro atoms. The second kappa shape index (κ2) is 11.4. The van der Waals surface area contributed by atoms with Crippen LogP contribution >= 0.6 is 0 Å². The van der Waals surface area contributed by atoms with E-state index in [9.17, 15) is 9.18 Å². The largest absolute Gasteiger partial charge is 0.397 e. The number of nitrogens with one attached hydrogen (secondary N) is 4. The number of nitrogens with two attached hydrogens (primary N) is 1. The Balaban J connectivity index is 1.27. The number of hydrogen-bond donors (Lipinski definition) is 5. The molecule has 1 atom stereocenters. The van der Waals surface area contributed by atoms with Crippen molar-refractivity contribution in [2.45, 2.75) is 57.1 Å². The van der Waals surface area contributed by atoms with Gasteiger partial charge in [-0.2, -0.15) is 15.3 Å². The van der Waals surface area contributed by atoms with Crippen molar-refractivity contribution in [2.75, 3.05) is 18.2 Å². The van der Waals surface area contributed by atoms with Gasteiger partial charge in [0.1, 0.15) is 17.1 Å². The van der Waals surface area contributed by atoms with Gasteiger partial charge in [0, 0.05) is 37.1 Å². The average Bonchev–Trinajstić information content (AvgIpc) is 3.60. The van der Waals surface area contributed by atoms with Crippen LogP contribution in [0.2, 0.25) is 0 Å². The van der Waals surface area contributed by atoms with Crippen molar-refractivity contribution in [3.63, 3.8) is 0 Å². The molecule has 4 aromatic heterocycles. The lowest BCUT2D eigenvalue weighted by atomic mass is 9.76. The first kappa shape index (κ1) is 27.8. The standard InChI is InChI=1S/C27H32FN11O2/c1-15-10-22(38-37-15)34-21-11-20(29)25(36-30)24(35-21)17-6-8-27(41-3,9-7-17)26(40)33-16(2)18-4-5-23(31-12-18)39-14-19(28)13-32-39/h4-5,10-14,16-17,30H,6-9H2,1-3H3,(H,33,40)(H4,29,34,35,37,38)/t16-,17?,27?/m0/s1. The second-order valence-corrected chi connectivity index (χ2v) is 10.2. The molecule has 0 unspecified atom stereocenters. The van der Waals surface area contributed by atoms with Gasteiger partial charge >= 0.3 is 0 Å². The molecule has 4 aromatic rings. The second-order valence-electron chi connectivity index (χ2n) is 10.2. The van der Waals surface area contributed by atoms with Crippen LogP contribution in [0.5, 0.6) is 0 Å². The molecule has 1 aliphatic rings. The number of methoxy groups -OCH3 is 1. The number of rotatable bonds is 9. The maximum Gasteiger partial charge on any atom is 0.252 e. The summed E-state index contributed by atoms with van der Waals surface area (Å²) in [7, 11) is 1.54. The van der Waals surface area contributed by atoms with Gasteiger partial charge in [0.15, 0.2) is 17.5 Å². The van der Waals surface area contributed by atoms with Gasteiger partial charge in [-0.1, -0.05) is 6.07 Å². The summed E-state index contributed by atoms with van der Waals surface area (Å²) >= 11 is 0. The number of ether oxygens (including phenoxy) is 1. The minimum Gasteiger partial charge on any atom is -0.397 e. The number of aryl methyl sites for hydroxylation is 1. The van der Waals surface area contributed by atoms with Gasteiger partial charge in [0.2, 0.25) is 0 Å². The Morgan fingerprint density at radius 2 is 2.07 bits per heavy atom. The summed E-state index contributed by atoms with van der Waals surface area (Å²) in [5.41, 5.74) is 15.9. The van der Waals surface area contributed by atoms with Crippen LogP contribution in [0, 0.1) is 18.3 Å². The predicted molar refractivity (Wildman–Crippen MR) is 149 cm³/mol. The predicted octanol–water partition coefficient (Wildman–Crippen LogP) is 4.74. The first-order chi connectivity index (χ1) is 19.7. The number of nitrogens with zero attached hydrogens (tertiary/aromatic N) is 6. The number of anilines is 3. The van der Waals surface area contributed by atoms with Crippen molar-refractivity contribution in [3.05, 3.63) is 65.6 Å². The molecule has 1 saturated carbocycles. The molecule has 5 rings (SSSR count). The molecule has 0 radical (unpaired) electrons. The number of hydrogen-bond acceptors (Lipinski definition) is 10. The molecule has 0 aliphatic heterocycles. The number of pyridine rings is 2. The molecule has 0 aromatic carbocycles. The molecule has 6 N–H and O–H groups in total. The summed E-state index contributed by atoms with van der Waals surface area (Å²) in [5, 5.41) is 20.8. The molecular formula is C27H32FN11O2. The van der Waals surface area contributed by atoms with Gasteiger partial charge in [-0.25, -0.2) is 24.6 Å². The fourth-order valence-corrected chi connectivity index (χ4v) is 5.17. The first-order valence-electron chi connectivity index (χ1n) is 13.2. The molecule has 1 amide bonds. The first-order valence-corrected chi connectivity index (χ1v) is 13.2. The fourth-order valence-electron chi connectivity index (χ4n) is 5.17. The van der Waals surface area contributed by atoms with Gasteiger partial charge in [-0.15, -0.1) is 0 Å². The summed E-state index contributed by atoms with van der Waals surface area (Å²) in [4.78, 5) is 22.6. The van der Waals surface area contributed by atoms with Crippen molar-refractivity contribution in [1.29, 1.82) is 5.53 Å². The van der Waals surface area contributed by atoms with E-state index in [0.717, 1.165) is 17.5 Å². The third-order valence-electron chi connectivity index (χ3n) is 7.51. The maximum absolute atomic E-state index is 13.5. The number of amides is 1. The average molecular weight is 562 g/mol. The van der Waals surface area contributed by atoms with E-state index < -0.39 is 11.4 Å². The van der Waals surface area contributed by atoms with Crippen LogP contribution in [-0.4, -0.2) is 48.6 Å². The molecule has 4 heterocycles. The lowest BCUT2D eigenvalue weighted by Gasteiger charge is -2.38. The highest BCUT2D eigenvalue weighted by Gasteiger charge is 2.43. The molecule has 1 fully saturated rings. The normalized spacial score (nSPS) is 19.5. The summed E-state index contributed by atoms with van der Waals surface area (Å²) in [6.07, 6.45) is 6.06.